The van der Waals surface area contributed by atoms with Gasteiger partial charge < -0.3 is 18.8 Å². The summed E-state index contributed by atoms with van der Waals surface area (Å²) < 4.78 is 13.3. The summed E-state index contributed by atoms with van der Waals surface area (Å²) in [6.45, 7) is 8.92. The highest BCUT2D eigenvalue weighted by molar-refractivity contribution is 5.92. The van der Waals surface area contributed by atoms with E-state index in [1.165, 1.54) is 0 Å². The molecule has 0 saturated carbocycles. The lowest BCUT2D eigenvalue weighted by Gasteiger charge is -2.33. The zero-order valence-corrected chi connectivity index (χ0v) is 18.7. The van der Waals surface area contributed by atoms with Crippen molar-refractivity contribution in [3.8, 4) is 11.5 Å². The molecule has 1 amide bonds. The molecule has 3 heterocycles. The lowest BCUT2D eigenvalue weighted by molar-refractivity contribution is -0.127. The molecule has 1 fully saturated rings. The number of rotatable bonds is 8. The number of amides is 1. The third-order valence-corrected chi connectivity index (χ3v) is 5.47. The standard InChI is InChI=1S/C25H30N4O3/c1-3-31-22-10-8-20(17-23(22)32-4-2)9-11-25(30)28-15-13-27(14-16-28)18-21-19-29-12-6-5-7-24(29)26-21/h5-12,17,19H,3-4,13-16,18H2,1-2H3/b11-9+. The molecule has 1 aliphatic heterocycles. The van der Waals surface area contributed by atoms with E-state index in [1.54, 1.807) is 6.08 Å². The van der Waals surface area contributed by atoms with Crippen LogP contribution in [0.5, 0.6) is 11.5 Å². The lowest BCUT2D eigenvalue weighted by Crippen LogP contribution is -2.47. The number of carbonyl (C=O) groups excluding carboxylic acids is 1. The normalized spacial score (nSPS) is 14.9. The van der Waals surface area contributed by atoms with Crippen LogP contribution in [0.25, 0.3) is 11.7 Å². The van der Waals surface area contributed by atoms with Crippen molar-refractivity contribution in [1.82, 2.24) is 19.2 Å². The molecule has 7 nitrogen and oxygen atoms in total. The monoisotopic (exact) mass is 434 g/mol. The number of hydrogen-bond acceptors (Lipinski definition) is 5. The summed E-state index contributed by atoms with van der Waals surface area (Å²) in [5.41, 5.74) is 2.93. The van der Waals surface area contributed by atoms with E-state index < -0.39 is 0 Å². The van der Waals surface area contributed by atoms with Gasteiger partial charge in [-0.3, -0.25) is 9.69 Å². The Morgan fingerprint density at radius 1 is 1.03 bits per heavy atom. The van der Waals surface area contributed by atoms with Crippen LogP contribution in [0.3, 0.4) is 0 Å². The number of imidazole rings is 1. The first kappa shape index (κ1) is 21.9. The fourth-order valence-corrected chi connectivity index (χ4v) is 3.86. The van der Waals surface area contributed by atoms with E-state index in [9.17, 15) is 4.79 Å². The van der Waals surface area contributed by atoms with Crippen LogP contribution in [0.1, 0.15) is 25.1 Å². The van der Waals surface area contributed by atoms with Gasteiger partial charge in [-0.2, -0.15) is 0 Å². The summed E-state index contributed by atoms with van der Waals surface area (Å²) in [5.74, 6) is 1.45. The minimum atomic E-state index is 0.0317. The van der Waals surface area contributed by atoms with Gasteiger partial charge in [-0.1, -0.05) is 12.1 Å². The first-order valence-electron chi connectivity index (χ1n) is 11.2. The third-order valence-electron chi connectivity index (χ3n) is 5.47. The van der Waals surface area contributed by atoms with Crippen molar-refractivity contribution in [1.29, 1.82) is 0 Å². The zero-order chi connectivity index (χ0) is 22.3. The van der Waals surface area contributed by atoms with Crippen LogP contribution in [0.2, 0.25) is 0 Å². The van der Waals surface area contributed by atoms with Crippen molar-refractivity contribution in [3.63, 3.8) is 0 Å². The number of nitrogens with zero attached hydrogens (tertiary/aromatic N) is 4. The summed E-state index contributed by atoms with van der Waals surface area (Å²) in [7, 11) is 0. The maximum atomic E-state index is 12.7. The predicted octanol–water partition coefficient (Wildman–Crippen LogP) is 3.49. The molecule has 7 heteroatoms. The molecular weight excluding hydrogens is 404 g/mol. The summed E-state index contributed by atoms with van der Waals surface area (Å²) in [4.78, 5) is 21.6. The predicted molar refractivity (Wildman–Crippen MR) is 125 cm³/mol. The van der Waals surface area contributed by atoms with E-state index in [4.69, 9.17) is 9.47 Å². The average Bonchev–Trinajstić information content (AvgIpc) is 3.22. The van der Waals surface area contributed by atoms with Crippen LogP contribution in [-0.4, -0.2) is 64.5 Å². The van der Waals surface area contributed by atoms with Gasteiger partial charge in [0.15, 0.2) is 11.5 Å². The van der Waals surface area contributed by atoms with Crippen LogP contribution >= 0.6 is 0 Å². The minimum Gasteiger partial charge on any atom is -0.490 e. The summed E-state index contributed by atoms with van der Waals surface area (Å²) in [6, 6.07) is 11.7. The molecule has 4 rings (SSSR count). The van der Waals surface area contributed by atoms with Crippen molar-refractivity contribution >= 4 is 17.6 Å². The lowest BCUT2D eigenvalue weighted by atomic mass is 10.1. The second kappa shape index (κ2) is 10.3. The highest BCUT2D eigenvalue weighted by Gasteiger charge is 2.20. The number of pyridine rings is 1. The highest BCUT2D eigenvalue weighted by atomic mass is 16.5. The Morgan fingerprint density at radius 2 is 1.81 bits per heavy atom. The molecule has 0 N–H and O–H groups in total. The molecule has 2 aromatic heterocycles. The molecule has 3 aromatic rings. The van der Waals surface area contributed by atoms with E-state index in [0.29, 0.717) is 32.1 Å². The molecule has 1 saturated heterocycles. The van der Waals surface area contributed by atoms with Crippen molar-refractivity contribution in [2.24, 2.45) is 0 Å². The van der Waals surface area contributed by atoms with Crippen LogP contribution in [0.4, 0.5) is 0 Å². The molecule has 1 aromatic carbocycles. The number of aromatic nitrogens is 2. The quantitative estimate of drug-likeness (QED) is 0.508. The average molecular weight is 435 g/mol. The van der Waals surface area contributed by atoms with Crippen molar-refractivity contribution in [3.05, 3.63) is 66.1 Å². The number of hydrogen-bond donors (Lipinski definition) is 0. The number of piperazine rings is 1. The summed E-state index contributed by atoms with van der Waals surface area (Å²) in [6.07, 6.45) is 7.56. The van der Waals surface area contributed by atoms with Crippen molar-refractivity contribution in [2.45, 2.75) is 20.4 Å². The Morgan fingerprint density at radius 3 is 2.56 bits per heavy atom. The molecule has 32 heavy (non-hydrogen) atoms. The Labute approximate surface area is 188 Å². The van der Waals surface area contributed by atoms with Gasteiger partial charge in [-0.25, -0.2) is 4.98 Å². The van der Waals surface area contributed by atoms with Crippen molar-refractivity contribution < 1.29 is 14.3 Å². The van der Waals surface area contributed by atoms with Gasteiger partial charge in [0.25, 0.3) is 0 Å². The Bertz CT molecular complexity index is 1050. The van der Waals surface area contributed by atoms with E-state index in [2.05, 4.69) is 16.1 Å². The molecule has 0 bridgehead atoms. The van der Waals surface area contributed by atoms with Crippen LogP contribution in [0.15, 0.2) is 54.9 Å². The maximum Gasteiger partial charge on any atom is 0.246 e. The summed E-state index contributed by atoms with van der Waals surface area (Å²) >= 11 is 0. The van der Waals surface area contributed by atoms with Gasteiger partial charge in [-0.05, 0) is 49.8 Å². The van der Waals surface area contributed by atoms with Crippen LogP contribution in [-0.2, 0) is 11.3 Å². The number of fused-ring (bicyclic) bond motifs is 1. The van der Waals surface area contributed by atoms with Gasteiger partial charge >= 0.3 is 0 Å². The molecule has 0 spiro atoms. The maximum absolute atomic E-state index is 12.7. The Hall–Kier alpha value is -3.32. The number of ether oxygens (including phenoxy) is 2. The van der Waals surface area contributed by atoms with Crippen LogP contribution in [0, 0.1) is 0 Å². The first-order valence-corrected chi connectivity index (χ1v) is 11.2. The second-order valence-electron chi connectivity index (χ2n) is 7.71. The van der Waals surface area contributed by atoms with E-state index in [1.807, 2.05) is 71.8 Å². The Kier molecular flexibility index (Phi) is 7.07. The smallest absolute Gasteiger partial charge is 0.246 e. The molecule has 0 unspecified atom stereocenters. The first-order chi connectivity index (χ1) is 15.7. The second-order valence-corrected chi connectivity index (χ2v) is 7.71. The molecule has 1 aliphatic rings. The van der Waals surface area contributed by atoms with Gasteiger partial charge in [0.05, 0.1) is 18.9 Å². The third kappa shape index (κ3) is 5.29. The molecular formula is C25H30N4O3. The zero-order valence-electron chi connectivity index (χ0n) is 18.7. The van der Waals surface area contributed by atoms with Gasteiger partial charge in [0.2, 0.25) is 5.91 Å². The molecule has 0 radical (unpaired) electrons. The summed E-state index contributed by atoms with van der Waals surface area (Å²) in [5, 5.41) is 0. The molecule has 0 atom stereocenters. The van der Waals surface area contributed by atoms with Gasteiger partial charge in [0, 0.05) is 51.2 Å². The van der Waals surface area contributed by atoms with E-state index in [0.717, 1.165) is 42.3 Å². The topological polar surface area (TPSA) is 59.3 Å². The molecule has 168 valence electrons. The fraction of sp³-hybridized carbons (Fsp3) is 0.360. The Balaban J connectivity index is 1.31. The van der Waals surface area contributed by atoms with E-state index >= 15 is 0 Å². The van der Waals surface area contributed by atoms with Crippen LogP contribution < -0.4 is 9.47 Å². The van der Waals surface area contributed by atoms with Gasteiger partial charge in [0.1, 0.15) is 5.65 Å². The van der Waals surface area contributed by atoms with Crippen molar-refractivity contribution in [2.75, 3.05) is 39.4 Å². The van der Waals surface area contributed by atoms with E-state index in [-0.39, 0.29) is 5.91 Å². The van der Waals surface area contributed by atoms with Gasteiger partial charge in [-0.15, -0.1) is 0 Å². The minimum absolute atomic E-state index is 0.0317. The number of carbonyl (C=O) groups is 1. The highest BCUT2D eigenvalue weighted by Crippen LogP contribution is 2.29. The fourth-order valence-electron chi connectivity index (χ4n) is 3.86. The largest absolute Gasteiger partial charge is 0.490 e. The SMILES string of the molecule is CCOc1ccc(/C=C/C(=O)N2CCN(Cc3cn4ccccc4n3)CC2)cc1OCC. The number of benzene rings is 1. The molecule has 0 aliphatic carbocycles.